The molecule has 0 aliphatic heterocycles. The first-order valence-electron chi connectivity index (χ1n) is 6.61. The Balaban J connectivity index is 1.97. The van der Waals surface area contributed by atoms with Crippen LogP contribution in [-0.2, 0) is 6.42 Å². The Morgan fingerprint density at radius 3 is 2.86 bits per heavy atom. The molecule has 106 valence electrons. The smallest absolute Gasteiger partial charge is 0.123 e. The highest BCUT2D eigenvalue weighted by Gasteiger charge is 2.14. The number of fused-ring (bicyclic) bond motifs is 1. The van der Waals surface area contributed by atoms with Crippen molar-refractivity contribution < 1.29 is 9.50 Å². The van der Waals surface area contributed by atoms with Crippen LogP contribution in [0.2, 0.25) is 5.02 Å². The Morgan fingerprint density at radius 1 is 1.14 bits per heavy atom. The Morgan fingerprint density at radius 2 is 2.00 bits per heavy atom. The summed E-state index contributed by atoms with van der Waals surface area (Å²) in [6.45, 7) is 0. The van der Waals surface area contributed by atoms with Crippen LogP contribution >= 0.6 is 11.6 Å². The van der Waals surface area contributed by atoms with Crippen LogP contribution in [0.1, 0.15) is 17.2 Å². The third kappa shape index (κ3) is 2.89. The van der Waals surface area contributed by atoms with E-state index in [9.17, 15) is 9.50 Å². The van der Waals surface area contributed by atoms with E-state index in [-0.39, 0.29) is 12.2 Å². The number of aliphatic hydroxyl groups excluding tert-OH is 1. The molecular formula is C17H13ClFNO. The zero-order valence-electron chi connectivity index (χ0n) is 11.1. The molecule has 2 aromatic carbocycles. The van der Waals surface area contributed by atoms with Gasteiger partial charge in [0.05, 0.1) is 11.6 Å². The summed E-state index contributed by atoms with van der Waals surface area (Å²) < 4.78 is 13.3. The number of aliphatic hydroxyl groups is 1. The highest BCUT2D eigenvalue weighted by atomic mass is 35.5. The zero-order valence-corrected chi connectivity index (χ0v) is 11.9. The van der Waals surface area contributed by atoms with Gasteiger partial charge in [0, 0.05) is 23.0 Å². The van der Waals surface area contributed by atoms with Gasteiger partial charge in [0.1, 0.15) is 5.82 Å². The van der Waals surface area contributed by atoms with Gasteiger partial charge in [-0.15, -0.1) is 0 Å². The van der Waals surface area contributed by atoms with Crippen molar-refractivity contribution >= 4 is 22.5 Å². The van der Waals surface area contributed by atoms with Gasteiger partial charge < -0.3 is 5.11 Å². The van der Waals surface area contributed by atoms with Crippen LogP contribution in [0.5, 0.6) is 0 Å². The predicted octanol–water partition coefficient (Wildman–Crippen LogP) is 4.30. The number of rotatable bonds is 3. The first kappa shape index (κ1) is 14.0. The number of hydrogen-bond acceptors (Lipinski definition) is 2. The quantitative estimate of drug-likeness (QED) is 0.782. The summed E-state index contributed by atoms with van der Waals surface area (Å²) in [5.41, 5.74) is 2.17. The lowest BCUT2D eigenvalue weighted by Gasteiger charge is -2.14. The molecule has 0 aliphatic rings. The molecule has 0 saturated carbocycles. The average molecular weight is 302 g/mol. The standard InChI is InChI=1S/C17H13ClFNO/c18-15-7-6-12(19)9-11(15)10-17(21)14-3-1-5-16-13(14)4-2-8-20-16/h1-9,17,21H,10H2. The SMILES string of the molecule is OC(Cc1cc(F)ccc1Cl)c1cccc2ncccc12. The van der Waals surface area contributed by atoms with Crippen molar-refractivity contribution in [1.29, 1.82) is 0 Å². The Labute approximate surface area is 126 Å². The third-order valence-corrected chi connectivity index (χ3v) is 3.83. The van der Waals surface area contributed by atoms with E-state index in [4.69, 9.17) is 11.6 Å². The molecule has 0 amide bonds. The lowest BCUT2D eigenvalue weighted by Crippen LogP contribution is -2.03. The molecule has 1 N–H and O–H groups in total. The van der Waals surface area contributed by atoms with Crippen LogP contribution in [0.3, 0.4) is 0 Å². The van der Waals surface area contributed by atoms with Crippen molar-refractivity contribution in [3.05, 3.63) is 76.7 Å². The monoisotopic (exact) mass is 301 g/mol. The molecule has 2 nitrogen and oxygen atoms in total. The number of aromatic nitrogens is 1. The molecule has 0 spiro atoms. The van der Waals surface area contributed by atoms with Gasteiger partial charge in [-0.3, -0.25) is 4.98 Å². The van der Waals surface area contributed by atoms with Gasteiger partial charge in [-0.25, -0.2) is 4.39 Å². The van der Waals surface area contributed by atoms with Crippen molar-refractivity contribution in [2.75, 3.05) is 0 Å². The van der Waals surface area contributed by atoms with Gasteiger partial charge in [0.25, 0.3) is 0 Å². The van der Waals surface area contributed by atoms with Crippen LogP contribution in [0, 0.1) is 5.82 Å². The molecule has 0 fully saturated rings. The summed E-state index contributed by atoms with van der Waals surface area (Å²) in [7, 11) is 0. The molecule has 21 heavy (non-hydrogen) atoms. The number of nitrogens with zero attached hydrogens (tertiary/aromatic N) is 1. The Bertz CT molecular complexity index is 785. The number of hydrogen-bond donors (Lipinski definition) is 1. The van der Waals surface area contributed by atoms with Crippen LogP contribution in [-0.4, -0.2) is 10.1 Å². The second-order valence-electron chi connectivity index (χ2n) is 4.87. The van der Waals surface area contributed by atoms with E-state index in [1.54, 1.807) is 6.20 Å². The van der Waals surface area contributed by atoms with Gasteiger partial charge in [-0.2, -0.15) is 0 Å². The summed E-state index contributed by atoms with van der Waals surface area (Å²) in [5.74, 6) is -0.360. The molecule has 1 aromatic heterocycles. The maximum atomic E-state index is 13.3. The van der Waals surface area contributed by atoms with E-state index in [1.807, 2.05) is 30.3 Å². The molecule has 0 bridgehead atoms. The fourth-order valence-corrected chi connectivity index (χ4v) is 2.63. The van der Waals surface area contributed by atoms with Gasteiger partial charge in [0.15, 0.2) is 0 Å². The third-order valence-electron chi connectivity index (χ3n) is 3.46. The van der Waals surface area contributed by atoms with Crippen molar-refractivity contribution in [2.45, 2.75) is 12.5 Å². The molecule has 1 atom stereocenters. The van der Waals surface area contributed by atoms with Gasteiger partial charge in [0.2, 0.25) is 0 Å². The lowest BCUT2D eigenvalue weighted by molar-refractivity contribution is 0.180. The minimum atomic E-state index is -0.766. The normalized spacial score (nSPS) is 12.5. The largest absolute Gasteiger partial charge is 0.388 e. The van der Waals surface area contributed by atoms with E-state index < -0.39 is 6.10 Å². The van der Waals surface area contributed by atoms with Crippen LogP contribution in [0.4, 0.5) is 4.39 Å². The van der Waals surface area contributed by atoms with Crippen LogP contribution in [0.25, 0.3) is 10.9 Å². The topological polar surface area (TPSA) is 33.1 Å². The van der Waals surface area contributed by atoms with Gasteiger partial charge in [-0.05, 0) is 41.5 Å². The van der Waals surface area contributed by atoms with Crippen molar-refractivity contribution in [3.63, 3.8) is 0 Å². The molecule has 3 aromatic rings. The van der Waals surface area contributed by atoms with E-state index in [0.717, 1.165) is 16.5 Å². The fourth-order valence-electron chi connectivity index (χ4n) is 2.44. The van der Waals surface area contributed by atoms with Crippen molar-refractivity contribution in [3.8, 4) is 0 Å². The van der Waals surface area contributed by atoms with E-state index in [1.165, 1.54) is 18.2 Å². The van der Waals surface area contributed by atoms with E-state index in [2.05, 4.69) is 4.98 Å². The molecule has 0 radical (unpaired) electrons. The maximum absolute atomic E-state index is 13.3. The second-order valence-corrected chi connectivity index (χ2v) is 5.28. The second kappa shape index (κ2) is 5.80. The summed E-state index contributed by atoms with van der Waals surface area (Å²) >= 11 is 6.06. The number of pyridine rings is 1. The Kier molecular flexibility index (Phi) is 3.86. The first-order valence-corrected chi connectivity index (χ1v) is 6.98. The summed E-state index contributed by atoms with van der Waals surface area (Å²) in [6, 6.07) is 13.5. The molecule has 1 heterocycles. The van der Waals surface area contributed by atoms with Gasteiger partial charge >= 0.3 is 0 Å². The van der Waals surface area contributed by atoms with Crippen molar-refractivity contribution in [1.82, 2.24) is 4.98 Å². The zero-order chi connectivity index (χ0) is 14.8. The molecular weight excluding hydrogens is 289 g/mol. The minimum absolute atomic E-state index is 0.255. The first-order chi connectivity index (χ1) is 10.1. The molecule has 4 heteroatoms. The molecule has 3 rings (SSSR count). The highest BCUT2D eigenvalue weighted by molar-refractivity contribution is 6.31. The van der Waals surface area contributed by atoms with Gasteiger partial charge in [-0.1, -0.05) is 29.8 Å². The number of halogens is 2. The minimum Gasteiger partial charge on any atom is -0.388 e. The Hall–Kier alpha value is -1.97. The summed E-state index contributed by atoms with van der Waals surface area (Å²) in [6.07, 6.45) is 1.20. The lowest BCUT2D eigenvalue weighted by atomic mass is 9.98. The molecule has 0 saturated heterocycles. The van der Waals surface area contributed by atoms with E-state index in [0.29, 0.717) is 10.6 Å². The fraction of sp³-hybridized carbons (Fsp3) is 0.118. The van der Waals surface area contributed by atoms with Crippen LogP contribution < -0.4 is 0 Å². The van der Waals surface area contributed by atoms with Crippen molar-refractivity contribution in [2.24, 2.45) is 0 Å². The van der Waals surface area contributed by atoms with Crippen LogP contribution in [0.15, 0.2) is 54.7 Å². The summed E-state index contributed by atoms with van der Waals surface area (Å²) in [5, 5.41) is 11.8. The number of benzene rings is 2. The molecule has 0 aliphatic carbocycles. The maximum Gasteiger partial charge on any atom is 0.123 e. The molecule has 1 unspecified atom stereocenters. The predicted molar refractivity (Wildman–Crippen MR) is 81.8 cm³/mol. The highest BCUT2D eigenvalue weighted by Crippen LogP contribution is 2.28. The average Bonchev–Trinajstić information content (AvgIpc) is 2.50. The summed E-state index contributed by atoms with van der Waals surface area (Å²) in [4.78, 5) is 4.27. The van der Waals surface area contributed by atoms with E-state index >= 15 is 0 Å².